The van der Waals surface area contributed by atoms with Crippen LogP contribution in [-0.4, -0.2) is 0 Å². The van der Waals surface area contributed by atoms with E-state index in [2.05, 4.69) is 19.1 Å². The summed E-state index contributed by atoms with van der Waals surface area (Å²) in [5.74, 6) is 0.264. The van der Waals surface area contributed by atoms with E-state index >= 15 is 0 Å². The molecule has 0 fully saturated rings. The minimum absolute atomic E-state index is 0.264. The smallest absolute Gasteiger partial charge is 0.0410 e. The van der Waals surface area contributed by atoms with Crippen molar-refractivity contribution in [3.63, 3.8) is 0 Å². The Morgan fingerprint density at radius 1 is 1.06 bits per heavy atom. The lowest BCUT2D eigenvalue weighted by molar-refractivity contribution is 0.926. The molecule has 0 amide bonds. The molecule has 1 nitrogen and oxygen atoms in total. The molecule has 2 aromatic rings. The number of benzene rings is 2. The van der Waals surface area contributed by atoms with Crippen LogP contribution in [0.15, 0.2) is 48.5 Å². The van der Waals surface area contributed by atoms with Gasteiger partial charge in [0.05, 0.1) is 0 Å². The zero-order valence-corrected chi connectivity index (χ0v) is 9.91. The number of nitrogen functional groups attached to an aromatic ring is 1. The van der Waals surface area contributed by atoms with Crippen molar-refractivity contribution in [2.75, 3.05) is 5.73 Å². The summed E-state index contributed by atoms with van der Waals surface area (Å²) < 4.78 is 0. The van der Waals surface area contributed by atoms with E-state index in [0.717, 1.165) is 16.3 Å². The van der Waals surface area contributed by atoms with Gasteiger partial charge in [-0.05, 0) is 29.3 Å². The van der Waals surface area contributed by atoms with Gasteiger partial charge in [0.15, 0.2) is 0 Å². The van der Waals surface area contributed by atoms with Crippen molar-refractivity contribution in [1.29, 1.82) is 0 Å². The molecule has 2 rings (SSSR count). The van der Waals surface area contributed by atoms with E-state index in [-0.39, 0.29) is 5.92 Å². The van der Waals surface area contributed by atoms with Gasteiger partial charge in [-0.1, -0.05) is 48.9 Å². The highest BCUT2D eigenvalue weighted by Crippen LogP contribution is 2.30. The number of nitrogens with two attached hydrogens (primary N) is 1. The lowest BCUT2D eigenvalue weighted by atomic mass is 9.92. The van der Waals surface area contributed by atoms with Crippen molar-refractivity contribution in [3.8, 4) is 0 Å². The van der Waals surface area contributed by atoms with E-state index < -0.39 is 0 Å². The molecule has 0 radical (unpaired) electrons. The van der Waals surface area contributed by atoms with Gasteiger partial charge in [-0.15, -0.1) is 0 Å². The van der Waals surface area contributed by atoms with Gasteiger partial charge in [0.2, 0.25) is 0 Å². The molecule has 0 aliphatic rings. The molecule has 2 N–H and O–H groups in total. The Kier molecular flexibility index (Phi) is 3.16. The monoisotopic (exact) mass is 231 g/mol. The van der Waals surface area contributed by atoms with Crippen LogP contribution in [0.2, 0.25) is 5.02 Å². The molecule has 0 aliphatic carbocycles. The molecule has 0 aromatic heterocycles. The van der Waals surface area contributed by atoms with Gasteiger partial charge in [0.25, 0.3) is 0 Å². The number of halogens is 1. The first kappa shape index (κ1) is 11.0. The van der Waals surface area contributed by atoms with Crippen LogP contribution in [0.5, 0.6) is 0 Å². The van der Waals surface area contributed by atoms with E-state index in [9.17, 15) is 0 Å². The fourth-order valence-electron chi connectivity index (χ4n) is 1.84. The van der Waals surface area contributed by atoms with Crippen molar-refractivity contribution < 1.29 is 0 Å². The second-order valence-electron chi connectivity index (χ2n) is 3.91. The van der Waals surface area contributed by atoms with Crippen LogP contribution < -0.4 is 5.73 Å². The number of anilines is 1. The summed E-state index contributed by atoms with van der Waals surface area (Å²) in [5.41, 5.74) is 9.09. The highest BCUT2D eigenvalue weighted by Gasteiger charge is 2.11. The zero-order valence-electron chi connectivity index (χ0n) is 9.15. The molecule has 0 unspecified atom stereocenters. The van der Waals surface area contributed by atoms with Crippen LogP contribution in [-0.2, 0) is 0 Å². The van der Waals surface area contributed by atoms with E-state index in [0.29, 0.717) is 0 Å². The maximum atomic E-state index is 5.99. The molecule has 16 heavy (non-hydrogen) atoms. The first-order chi connectivity index (χ1) is 7.68. The van der Waals surface area contributed by atoms with Crippen molar-refractivity contribution >= 4 is 17.3 Å². The number of hydrogen-bond donors (Lipinski definition) is 1. The molecule has 0 spiro atoms. The zero-order chi connectivity index (χ0) is 11.5. The minimum Gasteiger partial charge on any atom is -0.398 e. The van der Waals surface area contributed by atoms with Gasteiger partial charge in [0.1, 0.15) is 0 Å². The van der Waals surface area contributed by atoms with Gasteiger partial charge in [-0.2, -0.15) is 0 Å². The van der Waals surface area contributed by atoms with E-state index in [1.807, 2.05) is 36.4 Å². The summed E-state index contributed by atoms with van der Waals surface area (Å²) in [4.78, 5) is 0. The number of hydrogen-bond acceptors (Lipinski definition) is 1. The largest absolute Gasteiger partial charge is 0.398 e. The van der Waals surface area contributed by atoms with Gasteiger partial charge in [-0.25, -0.2) is 0 Å². The quantitative estimate of drug-likeness (QED) is 0.775. The average Bonchev–Trinajstić information content (AvgIpc) is 2.32. The summed E-state index contributed by atoms with van der Waals surface area (Å²) in [7, 11) is 0. The fraction of sp³-hybridized carbons (Fsp3) is 0.143. The molecule has 2 aromatic carbocycles. The van der Waals surface area contributed by atoms with Crippen LogP contribution in [0, 0.1) is 0 Å². The highest BCUT2D eigenvalue weighted by molar-refractivity contribution is 6.30. The molecule has 0 heterocycles. The first-order valence-corrected chi connectivity index (χ1v) is 5.66. The normalized spacial score (nSPS) is 12.4. The van der Waals surface area contributed by atoms with Crippen molar-refractivity contribution in [1.82, 2.24) is 0 Å². The topological polar surface area (TPSA) is 26.0 Å². The van der Waals surface area contributed by atoms with E-state index in [4.69, 9.17) is 17.3 Å². The van der Waals surface area contributed by atoms with Crippen LogP contribution in [0.1, 0.15) is 24.0 Å². The molecule has 0 aliphatic heterocycles. The van der Waals surface area contributed by atoms with Crippen molar-refractivity contribution in [2.24, 2.45) is 0 Å². The number of rotatable bonds is 2. The molecule has 82 valence electrons. The Morgan fingerprint density at radius 3 is 2.44 bits per heavy atom. The van der Waals surface area contributed by atoms with Gasteiger partial charge >= 0.3 is 0 Å². The minimum atomic E-state index is 0.264. The second kappa shape index (κ2) is 4.58. The SMILES string of the molecule is C[C@H](c1ccccc1)c1cc(Cl)ccc1N. The predicted octanol–water partition coefficient (Wildman–Crippen LogP) is 4.07. The molecule has 0 saturated carbocycles. The van der Waals surface area contributed by atoms with Crippen LogP contribution in [0.25, 0.3) is 0 Å². The third-order valence-electron chi connectivity index (χ3n) is 2.81. The van der Waals surface area contributed by atoms with Crippen LogP contribution in [0.4, 0.5) is 5.69 Å². The van der Waals surface area contributed by atoms with E-state index in [1.165, 1.54) is 5.56 Å². The fourth-order valence-corrected chi connectivity index (χ4v) is 2.02. The Morgan fingerprint density at radius 2 is 1.75 bits per heavy atom. The summed E-state index contributed by atoms with van der Waals surface area (Å²) >= 11 is 5.99. The van der Waals surface area contributed by atoms with Gasteiger partial charge < -0.3 is 5.73 Å². The van der Waals surface area contributed by atoms with E-state index in [1.54, 1.807) is 0 Å². The Labute approximate surface area is 101 Å². The molecule has 0 saturated heterocycles. The van der Waals surface area contributed by atoms with Crippen LogP contribution in [0.3, 0.4) is 0 Å². The Balaban J connectivity index is 2.41. The third-order valence-corrected chi connectivity index (χ3v) is 3.05. The molecular weight excluding hydrogens is 218 g/mol. The lowest BCUT2D eigenvalue weighted by Gasteiger charge is -2.15. The molecule has 2 heteroatoms. The molecular formula is C14H14ClN. The highest BCUT2D eigenvalue weighted by atomic mass is 35.5. The maximum absolute atomic E-state index is 5.99. The first-order valence-electron chi connectivity index (χ1n) is 5.28. The molecule has 1 atom stereocenters. The second-order valence-corrected chi connectivity index (χ2v) is 4.34. The maximum Gasteiger partial charge on any atom is 0.0410 e. The third kappa shape index (κ3) is 2.20. The summed E-state index contributed by atoms with van der Waals surface area (Å²) in [5, 5.41) is 0.729. The summed E-state index contributed by atoms with van der Waals surface area (Å²) in [6.45, 7) is 2.14. The Bertz CT molecular complexity index is 479. The summed E-state index contributed by atoms with van der Waals surface area (Å²) in [6.07, 6.45) is 0. The summed E-state index contributed by atoms with van der Waals surface area (Å²) in [6, 6.07) is 15.9. The lowest BCUT2D eigenvalue weighted by Crippen LogP contribution is -2.00. The standard InChI is InChI=1S/C14H14ClN/c1-10(11-5-3-2-4-6-11)13-9-12(15)7-8-14(13)16/h2-10H,16H2,1H3/t10-/m1/s1. The van der Waals surface area contributed by atoms with Crippen molar-refractivity contribution in [3.05, 3.63) is 64.7 Å². The van der Waals surface area contributed by atoms with Gasteiger partial charge in [0, 0.05) is 16.6 Å². The van der Waals surface area contributed by atoms with Crippen molar-refractivity contribution in [2.45, 2.75) is 12.8 Å². The predicted molar refractivity (Wildman–Crippen MR) is 69.8 cm³/mol. The van der Waals surface area contributed by atoms with Gasteiger partial charge in [-0.3, -0.25) is 0 Å². The Hall–Kier alpha value is -1.47. The molecule has 0 bridgehead atoms. The average molecular weight is 232 g/mol. The van der Waals surface area contributed by atoms with Crippen LogP contribution >= 0.6 is 11.6 Å².